The van der Waals surface area contributed by atoms with Gasteiger partial charge in [0.15, 0.2) is 5.16 Å². The van der Waals surface area contributed by atoms with Crippen LogP contribution in [0.1, 0.15) is 39.0 Å². The Balaban J connectivity index is 2.05. The quantitative estimate of drug-likeness (QED) is 0.637. The first-order valence-corrected chi connectivity index (χ1v) is 8.35. The number of nitrogens with one attached hydrogen (secondary N) is 2. The van der Waals surface area contributed by atoms with E-state index >= 15 is 0 Å². The molecule has 0 bridgehead atoms. The van der Waals surface area contributed by atoms with Crippen molar-refractivity contribution in [3.8, 4) is 0 Å². The molecule has 5 heteroatoms. The summed E-state index contributed by atoms with van der Waals surface area (Å²) in [6.45, 7) is 2.29. The zero-order valence-corrected chi connectivity index (χ0v) is 12.9. The van der Waals surface area contributed by atoms with Gasteiger partial charge in [0.25, 0.3) is 0 Å². The molecule has 1 aliphatic carbocycles. The van der Waals surface area contributed by atoms with E-state index in [9.17, 15) is 0 Å². The topological polar surface area (TPSA) is 49.8 Å². The minimum Gasteiger partial charge on any atom is -0.373 e. The smallest absolute Gasteiger partial charge is 0.191 e. The van der Waals surface area contributed by atoms with Crippen LogP contribution in [0.15, 0.2) is 11.2 Å². The molecule has 1 saturated carbocycles. The van der Waals surface area contributed by atoms with Crippen molar-refractivity contribution in [2.45, 2.75) is 50.2 Å². The molecule has 1 aromatic rings. The minimum atomic E-state index is 0.563. The lowest BCUT2D eigenvalue weighted by Gasteiger charge is -2.29. The maximum absolute atomic E-state index is 4.55. The van der Waals surface area contributed by atoms with E-state index in [0.717, 1.165) is 22.7 Å². The van der Waals surface area contributed by atoms with Crippen molar-refractivity contribution in [2.75, 3.05) is 23.9 Å². The molecule has 0 spiro atoms. The van der Waals surface area contributed by atoms with Gasteiger partial charge < -0.3 is 10.6 Å². The van der Waals surface area contributed by atoms with Crippen LogP contribution in [0.25, 0.3) is 0 Å². The average molecular weight is 280 g/mol. The van der Waals surface area contributed by atoms with Gasteiger partial charge in [0, 0.05) is 19.2 Å². The number of anilines is 2. The van der Waals surface area contributed by atoms with E-state index in [1.807, 2.05) is 19.4 Å². The Bertz CT molecular complexity index is 388. The van der Waals surface area contributed by atoms with Gasteiger partial charge in [-0.25, -0.2) is 9.97 Å². The lowest BCUT2D eigenvalue weighted by molar-refractivity contribution is 0.327. The van der Waals surface area contributed by atoms with Crippen molar-refractivity contribution in [3.63, 3.8) is 0 Å². The van der Waals surface area contributed by atoms with E-state index in [1.54, 1.807) is 11.8 Å². The van der Waals surface area contributed by atoms with Crippen LogP contribution in [0.3, 0.4) is 0 Å². The minimum absolute atomic E-state index is 0.563. The molecule has 1 aromatic heterocycles. The highest BCUT2D eigenvalue weighted by molar-refractivity contribution is 7.98. The standard InChI is InChI=1S/C14H24N4S/c1-4-10-6-5-7-11(8-10)16-13-9-12(15-2)17-14(18-13)19-3/h9-11H,4-8H2,1-3H3,(H2,15,16,17,18). The highest BCUT2D eigenvalue weighted by atomic mass is 32.2. The van der Waals surface area contributed by atoms with Crippen LogP contribution in [0.2, 0.25) is 0 Å². The van der Waals surface area contributed by atoms with Gasteiger partial charge in [-0.2, -0.15) is 0 Å². The molecular weight excluding hydrogens is 256 g/mol. The summed E-state index contributed by atoms with van der Waals surface area (Å²) in [5.41, 5.74) is 0. The highest BCUT2D eigenvalue weighted by Gasteiger charge is 2.21. The zero-order chi connectivity index (χ0) is 13.7. The molecule has 0 saturated heterocycles. The molecular formula is C14H24N4S. The fourth-order valence-electron chi connectivity index (χ4n) is 2.72. The van der Waals surface area contributed by atoms with E-state index in [0.29, 0.717) is 6.04 Å². The Morgan fingerprint density at radius 3 is 2.79 bits per heavy atom. The van der Waals surface area contributed by atoms with Gasteiger partial charge in [0.2, 0.25) is 0 Å². The average Bonchev–Trinajstić information content (AvgIpc) is 2.47. The van der Waals surface area contributed by atoms with Crippen LogP contribution in [0.5, 0.6) is 0 Å². The van der Waals surface area contributed by atoms with Crippen molar-refractivity contribution in [3.05, 3.63) is 6.07 Å². The van der Waals surface area contributed by atoms with Crippen molar-refractivity contribution >= 4 is 23.4 Å². The van der Waals surface area contributed by atoms with Crippen molar-refractivity contribution in [1.29, 1.82) is 0 Å². The van der Waals surface area contributed by atoms with E-state index in [2.05, 4.69) is 27.5 Å². The first kappa shape index (κ1) is 14.4. The van der Waals surface area contributed by atoms with Crippen LogP contribution >= 0.6 is 11.8 Å². The number of nitrogens with zero attached hydrogens (tertiary/aromatic N) is 2. The highest BCUT2D eigenvalue weighted by Crippen LogP contribution is 2.29. The second-order valence-corrected chi connectivity index (χ2v) is 5.93. The third-order valence-electron chi connectivity index (χ3n) is 3.86. The molecule has 0 radical (unpaired) electrons. The van der Waals surface area contributed by atoms with Gasteiger partial charge in [0.05, 0.1) is 0 Å². The second-order valence-electron chi connectivity index (χ2n) is 5.16. The Hall–Kier alpha value is -0.970. The molecule has 0 amide bonds. The molecule has 4 nitrogen and oxygen atoms in total. The Labute approximate surface area is 120 Å². The van der Waals surface area contributed by atoms with Gasteiger partial charge in [-0.15, -0.1) is 0 Å². The molecule has 0 aliphatic heterocycles. The van der Waals surface area contributed by atoms with Crippen molar-refractivity contribution in [2.24, 2.45) is 5.92 Å². The van der Waals surface area contributed by atoms with Gasteiger partial charge in [0.1, 0.15) is 11.6 Å². The van der Waals surface area contributed by atoms with Gasteiger partial charge >= 0.3 is 0 Å². The van der Waals surface area contributed by atoms with Crippen LogP contribution in [0.4, 0.5) is 11.6 Å². The second kappa shape index (κ2) is 6.98. The summed E-state index contributed by atoms with van der Waals surface area (Å²) in [4.78, 5) is 8.94. The summed E-state index contributed by atoms with van der Waals surface area (Å²) in [6.07, 6.45) is 8.53. The van der Waals surface area contributed by atoms with Crippen LogP contribution in [-0.2, 0) is 0 Å². The monoisotopic (exact) mass is 280 g/mol. The summed E-state index contributed by atoms with van der Waals surface area (Å²) < 4.78 is 0. The van der Waals surface area contributed by atoms with E-state index < -0.39 is 0 Å². The van der Waals surface area contributed by atoms with E-state index in [-0.39, 0.29) is 0 Å². The fraction of sp³-hybridized carbons (Fsp3) is 0.714. The molecule has 1 heterocycles. The summed E-state index contributed by atoms with van der Waals surface area (Å²) >= 11 is 1.58. The predicted molar refractivity (Wildman–Crippen MR) is 83.0 cm³/mol. The van der Waals surface area contributed by atoms with E-state index in [1.165, 1.54) is 32.1 Å². The summed E-state index contributed by atoms with van der Waals surface area (Å²) in [5.74, 6) is 2.70. The van der Waals surface area contributed by atoms with Crippen molar-refractivity contribution in [1.82, 2.24) is 9.97 Å². The Morgan fingerprint density at radius 1 is 1.32 bits per heavy atom. The number of hydrogen-bond acceptors (Lipinski definition) is 5. The van der Waals surface area contributed by atoms with E-state index in [4.69, 9.17) is 0 Å². The summed E-state index contributed by atoms with van der Waals surface area (Å²) in [7, 11) is 1.89. The third-order valence-corrected chi connectivity index (χ3v) is 4.40. The molecule has 1 aliphatic rings. The number of hydrogen-bond donors (Lipinski definition) is 2. The number of aromatic nitrogens is 2. The van der Waals surface area contributed by atoms with Crippen LogP contribution in [-0.4, -0.2) is 29.3 Å². The Morgan fingerprint density at radius 2 is 2.11 bits per heavy atom. The maximum atomic E-state index is 4.55. The molecule has 2 N–H and O–H groups in total. The molecule has 0 aromatic carbocycles. The fourth-order valence-corrected chi connectivity index (χ4v) is 3.10. The van der Waals surface area contributed by atoms with Crippen LogP contribution in [0, 0.1) is 5.92 Å². The number of rotatable bonds is 5. The number of thioether (sulfide) groups is 1. The zero-order valence-electron chi connectivity index (χ0n) is 12.1. The third kappa shape index (κ3) is 4.00. The first-order chi connectivity index (χ1) is 9.25. The van der Waals surface area contributed by atoms with Gasteiger partial charge in [-0.05, 0) is 25.0 Å². The Kier molecular flexibility index (Phi) is 5.31. The van der Waals surface area contributed by atoms with Crippen LogP contribution < -0.4 is 10.6 Å². The summed E-state index contributed by atoms with van der Waals surface area (Å²) in [6, 6.07) is 2.56. The normalized spacial score (nSPS) is 23.1. The molecule has 2 unspecified atom stereocenters. The molecule has 1 fully saturated rings. The largest absolute Gasteiger partial charge is 0.373 e. The first-order valence-electron chi connectivity index (χ1n) is 7.12. The molecule has 2 atom stereocenters. The maximum Gasteiger partial charge on any atom is 0.191 e. The van der Waals surface area contributed by atoms with Gasteiger partial charge in [-0.1, -0.05) is 37.9 Å². The molecule has 106 valence electrons. The van der Waals surface area contributed by atoms with Crippen molar-refractivity contribution < 1.29 is 0 Å². The molecule has 19 heavy (non-hydrogen) atoms. The lowest BCUT2D eigenvalue weighted by Crippen LogP contribution is -2.27. The van der Waals surface area contributed by atoms with Gasteiger partial charge in [-0.3, -0.25) is 0 Å². The predicted octanol–water partition coefficient (Wildman–Crippen LogP) is 3.62. The summed E-state index contributed by atoms with van der Waals surface area (Å²) in [5, 5.41) is 7.50. The molecule has 2 rings (SSSR count). The SMILES string of the molecule is CCC1CCCC(Nc2cc(NC)nc(SC)n2)C1. The lowest BCUT2D eigenvalue weighted by atomic mass is 9.84.